The van der Waals surface area contributed by atoms with Crippen molar-refractivity contribution in [1.29, 1.82) is 0 Å². The molecule has 2 bridgehead atoms. The quantitative estimate of drug-likeness (QED) is 0.601. The predicted octanol–water partition coefficient (Wildman–Crippen LogP) is 0.910. The SMILES string of the molecule is C[C@@H]1[C@@H]([B-](F)(F)F)C[C@H]2C[C@@H]1C2(C)C.[K+]. The molecule has 0 saturated heterocycles. The Morgan fingerprint density at radius 3 is 2.00 bits per heavy atom. The molecule has 3 fully saturated rings. The first-order chi connectivity index (χ1) is 6.24. The molecule has 3 saturated carbocycles. The predicted molar refractivity (Wildman–Crippen MR) is 52.0 cm³/mol. The van der Waals surface area contributed by atoms with Crippen LogP contribution in [0.2, 0.25) is 5.82 Å². The Hall–Kier alpha value is 1.49. The van der Waals surface area contributed by atoms with Crippen molar-refractivity contribution in [3.05, 3.63) is 0 Å². The molecular formula is C10H17BF3K. The Balaban J connectivity index is 0.00000112. The normalized spacial score (nSPS) is 42.8. The molecule has 0 spiro atoms. The molecular weight excluding hydrogens is 227 g/mol. The summed E-state index contributed by atoms with van der Waals surface area (Å²) in [5.74, 6) is -0.520. The van der Waals surface area contributed by atoms with E-state index >= 15 is 0 Å². The van der Waals surface area contributed by atoms with Crippen LogP contribution in [0.5, 0.6) is 0 Å². The topological polar surface area (TPSA) is 0 Å². The van der Waals surface area contributed by atoms with Gasteiger partial charge in [0.05, 0.1) is 0 Å². The molecule has 0 aromatic rings. The van der Waals surface area contributed by atoms with Gasteiger partial charge in [0.15, 0.2) is 0 Å². The number of halogens is 3. The van der Waals surface area contributed by atoms with Crippen LogP contribution < -0.4 is 51.4 Å². The summed E-state index contributed by atoms with van der Waals surface area (Å²) in [5, 5.41) is 0. The van der Waals surface area contributed by atoms with E-state index in [2.05, 4.69) is 13.8 Å². The maximum Gasteiger partial charge on any atom is 1.00 e. The van der Waals surface area contributed by atoms with E-state index in [1.807, 2.05) is 0 Å². The summed E-state index contributed by atoms with van der Waals surface area (Å²) in [4.78, 5) is 0. The van der Waals surface area contributed by atoms with Gasteiger partial charge in [0, 0.05) is 0 Å². The zero-order chi connectivity index (χ0) is 10.7. The molecule has 82 valence electrons. The van der Waals surface area contributed by atoms with Gasteiger partial charge in [-0.25, -0.2) is 0 Å². The second-order valence-electron chi connectivity index (χ2n) is 5.74. The average Bonchev–Trinajstić information content (AvgIpc) is 2.01. The second-order valence-corrected chi connectivity index (χ2v) is 5.74. The fourth-order valence-electron chi connectivity index (χ4n) is 3.69. The van der Waals surface area contributed by atoms with E-state index < -0.39 is 12.8 Å². The Morgan fingerprint density at radius 1 is 1.13 bits per heavy atom. The molecule has 3 rings (SSSR count). The van der Waals surface area contributed by atoms with Gasteiger partial charge in [-0.1, -0.05) is 38.9 Å². The summed E-state index contributed by atoms with van der Waals surface area (Å²) in [6.45, 7) is 1.43. The van der Waals surface area contributed by atoms with Gasteiger partial charge in [-0.15, -0.1) is 0 Å². The zero-order valence-corrected chi connectivity index (χ0v) is 13.1. The maximum atomic E-state index is 12.7. The summed E-state index contributed by atoms with van der Waals surface area (Å²) < 4.78 is 38.1. The molecule has 3 aliphatic rings. The van der Waals surface area contributed by atoms with Crippen LogP contribution in [-0.4, -0.2) is 6.98 Å². The van der Waals surface area contributed by atoms with Crippen molar-refractivity contribution in [2.45, 2.75) is 39.4 Å². The first-order valence-corrected chi connectivity index (χ1v) is 5.44. The van der Waals surface area contributed by atoms with Crippen LogP contribution in [0, 0.1) is 23.2 Å². The summed E-state index contributed by atoms with van der Waals surface area (Å²) in [6.07, 6.45) is 1.41. The number of rotatable bonds is 1. The van der Waals surface area contributed by atoms with Crippen molar-refractivity contribution in [1.82, 2.24) is 0 Å². The van der Waals surface area contributed by atoms with Crippen molar-refractivity contribution >= 4 is 6.98 Å². The summed E-state index contributed by atoms with van der Waals surface area (Å²) in [5.41, 5.74) is 0.164. The summed E-state index contributed by atoms with van der Waals surface area (Å²) in [6, 6.07) is 0. The zero-order valence-electron chi connectivity index (χ0n) is 9.93. The van der Waals surface area contributed by atoms with E-state index in [0.717, 1.165) is 6.42 Å². The molecule has 0 aromatic carbocycles. The third-order valence-corrected chi connectivity index (χ3v) is 4.90. The number of fused-ring (bicyclic) bond motifs is 2. The van der Waals surface area contributed by atoms with Gasteiger partial charge in [-0.2, -0.15) is 0 Å². The van der Waals surface area contributed by atoms with Crippen LogP contribution in [0.1, 0.15) is 33.6 Å². The molecule has 15 heavy (non-hydrogen) atoms. The van der Waals surface area contributed by atoms with E-state index in [9.17, 15) is 12.9 Å². The third kappa shape index (κ3) is 2.24. The molecule has 0 aliphatic heterocycles. The van der Waals surface area contributed by atoms with E-state index in [-0.39, 0.29) is 62.7 Å². The Labute approximate surface area is 132 Å². The molecule has 4 atom stereocenters. The Bertz CT molecular complexity index is 252. The average molecular weight is 244 g/mol. The fraction of sp³-hybridized carbons (Fsp3) is 1.00. The smallest absolute Gasteiger partial charge is 0.449 e. The van der Waals surface area contributed by atoms with Crippen LogP contribution in [0.3, 0.4) is 0 Å². The van der Waals surface area contributed by atoms with Crippen molar-refractivity contribution in [2.75, 3.05) is 0 Å². The summed E-state index contributed by atoms with van der Waals surface area (Å²) in [7, 11) is 0. The van der Waals surface area contributed by atoms with E-state index in [0.29, 0.717) is 18.3 Å². The molecule has 0 nitrogen and oxygen atoms in total. The molecule has 0 radical (unpaired) electrons. The van der Waals surface area contributed by atoms with E-state index in [1.165, 1.54) is 0 Å². The van der Waals surface area contributed by atoms with Crippen LogP contribution in [0.25, 0.3) is 0 Å². The summed E-state index contributed by atoms with van der Waals surface area (Å²) >= 11 is 0. The van der Waals surface area contributed by atoms with Gasteiger partial charge in [0.1, 0.15) is 0 Å². The Kier molecular flexibility index (Phi) is 4.18. The second kappa shape index (κ2) is 4.30. The first-order valence-electron chi connectivity index (χ1n) is 5.44. The molecule has 0 aromatic heterocycles. The van der Waals surface area contributed by atoms with Gasteiger partial charge in [-0.05, 0) is 23.7 Å². The standard InChI is InChI=1S/C10H17BF3.K/c1-6-8-4-7(10(8,2)3)5-9(6)11(12,13)14;/h6-9H,4-5H2,1-3H3;/q-1;+1/t6-,7+,8-,9-;/m0./s1. The largest absolute Gasteiger partial charge is 1.00 e. The fourth-order valence-corrected chi connectivity index (χ4v) is 3.69. The molecule has 0 N–H and O–H groups in total. The van der Waals surface area contributed by atoms with Gasteiger partial charge >= 0.3 is 58.4 Å². The van der Waals surface area contributed by atoms with Crippen LogP contribution in [0.15, 0.2) is 0 Å². The molecule has 3 aliphatic carbocycles. The third-order valence-electron chi connectivity index (χ3n) is 4.90. The van der Waals surface area contributed by atoms with Gasteiger partial charge in [-0.3, -0.25) is 0 Å². The maximum absolute atomic E-state index is 12.7. The first kappa shape index (κ1) is 14.6. The molecule has 5 heteroatoms. The number of hydrogen-bond acceptors (Lipinski definition) is 0. The Morgan fingerprint density at radius 2 is 1.67 bits per heavy atom. The van der Waals surface area contributed by atoms with Crippen molar-refractivity contribution in [3.63, 3.8) is 0 Å². The van der Waals surface area contributed by atoms with Crippen LogP contribution >= 0.6 is 0 Å². The van der Waals surface area contributed by atoms with E-state index in [4.69, 9.17) is 0 Å². The van der Waals surface area contributed by atoms with E-state index in [1.54, 1.807) is 6.92 Å². The van der Waals surface area contributed by atoms with Gasteiger partial charge < -0.3 is 12.9 Å². The van der Waals surface area contributed by atoms with Crippen molar-refractivity contribution in [2.24, 2.45) is 23.2 Å². The van der Waals surface area contributed by atoms with Crippen LogP contribution in [0.4, 0.5) is 12.9 Å². The minimum Gasteiger partial charge on any atom is -0.449 e. The molecule has 0 unspecified atom stereocenters. The minimum absolute atomic E-state index is 0. The van der Waals surface area contributed by atoms with Crippen LogP contribution in [-0.2, 0) is 0 Å². The van der Waals surface area contributed by atoms with Gasteiger partial charge in [0.25, 0.3) is 0 Å². The van der Waals surface area contributed by atoms with Crippen molar-refractivity contribution in [3.8, 4) is 0 Å². The number of hydrogen-bond donors (Lipinski definition) is 0. The van der Waals surface area contributed by atoms with Crippen molar-refractivity contribution < 1.29 is 64.3 Å². The molecule has 0 amide bonds. The monoisotopic (exact) mass is 244 g/mol. The van der Waals surface area contributed by atoms with Gasteiger partial charge in [0.2, 0.25) is 0 Å². The minimum atomic E-state index is -4.62. The molecule has 0 heterocycles.